The molecule has 0 aliphatic carbocycles. The summed E-state index contributed by atoms with van der Waals surface area (Å²) in [5, 5.41) is 7.07. The van der Waals surface area contributed by atoms with Crippen molar-refractivity contribution in [3.63, 3.8) is 0 Å². The van der Waals surface area contributed by atoms with Gasteiger partial charge in [0, 0.05) is 45.0 Å². The number of carbonyl (C=O) groups excluding carboxylic acids is 2. The van der Waals surface area contributed by atoms with E-state index in [9.17, 15) is 9.59 Å². The summed E-state index contributed by atoms with van der Waals surface area (Å²) >= 11 is 7.49. The number of pyridine rings is 2. The Labute approximate surface area is 270 Å². The van der Waals surface area contributed by atoms with E-state index in [1.165, 1.54) is 23.6 Å². The summed E-state index contributed by atoms with van der Waals surface area (Å²) in [4.78, 5) is 46.2. The first-order valence-electron chi connectivity index (χ1n) is 14.4. The quantitative estimate of drug-likeness (QED) is 0.251. The highest BCUT2D eigenvalue weighted by Gasteiger charge is 2.37. The second kappa shape index (κ2) is 12.4. The van der Waals surface area contributed by atoms with E-state index in [0.717, 1.165) is 34.7 Å². The molecule has 1 aromatic carbocycles. The number of halogens is 1. The number of nitrogens with zero attached hydrogens (tertiary/aromatic N) is 6. The van der Waals surface area contributed by atoms with Gasteiger partial charge in [0.25, 0.3) is 5.91 Å². The molecule has 1 saturated heterocycles. The summed E-state index contributed by atoms with van der Waals surface area (Å²) in [7, 11) is 3.63. The molecule has 4 aromatic rings. The number of piperazine rings is 1. The number of anilines is 5. The molecule has 0 saturated carbocycles. The van der Waals surface area contributed by atoms with Crippen LogP contribution >= 0.6 is 22.9 Å². The number of thiazole rings is 1. The van der Waals surface area contributed by atoms with Crippen molar-refractivity contribution >= 4 is 62.9 Å². The van der Waals surface area contributed by atoms with Crippen LogP contribution < -0.4 is 25.2 Å². The van der Waals surface area contributed by atoms with Crippen LogP contribution in [0.25, 0.3) is 11.3 Å². The van der Waals surface area contributed by atoms with E-state index in [0.29, 0.717) is 57.6 Å². The summed E-state index contributed by atoms with van der Waals surface area (Å²) in [6, 6.07) is 9.35. The van der Waals surface area contributed by atoms with E-state index < -0.39 is 0 Å². The first-order valence-corrected chi connectivity index (χ1v) is 15.6. The van der Waals surface area contributed by atoms with Crippen molar-refractivity contribution in [3.8, 4) is 17.0 Å². The van der Waals surface area contributed by atoms with Gasteiger partial charge in [0.2, 0.25) is 5.91 Å². The number of methoxy groups -OCH3 is 1. The van der Waals surface area contributed by atoms with Gasteiger partial charge in [-0.1, -0.05) is 41.6 Å². The van der Waals surface area contributed by atoms with Crippen molar-refractivity contribution < 1.29 is 14.3 Å². The maximum Gasteiger partial charge on any atom is 0.267 e. The van der Waals surface area contributed by atoms with E-state index in [2.05, 4.69) is 46.0 Å². The monoisotopic (exact) mass is 644 g/mol. The molecule has 232 valence electrons. The van der Waals surface area contributed by atoms with Crippen molar-refractivity contribution in [2.75, 3.05) is 60.8 Å². The minimum atomic E-state index is -0.304. The molecule has 2 amide bonds. The molecule has 1 fully saturated rings. The summed E-state index contributed by atoms with van der Waals surface area (Å²) in [6.45, 7) is 10.3. The number of aromatic nitrogens is 3. The van der Waals surface area contributed by atoms with E-state index >= 15 is 0 Å². The van der Waals surface area contributed by atoms with Gasteiger partial charge in [-0.05, 0) is 49.2 Å². The van der Waals surface area contributed by atoms with Gasteiger partial charge in [0.15, 0.2) is 22.5 Å². The van der Waals surface area contributed by atoms with Crippen molar-refractivity contribution in [2.45, 2.75) is 19.9 Å². The van der Waals surface area contributed by atoms with Crippen LogP contribution in [0.3, 0.4) is 0 Å². The van der Waals surface area contributed by atoms with Crippen LogP contribution in [0.2, 0.25) is 5.02 Å². The van der Waals surface area contributed by atoms with Crippen molar-refractivity contribution in [1.29, 1.82) is 0 Å². The summed E-state index contributed by atoms with van der Waals surface area (Å²) in [5.41, 5.74) is 5.14. The molecule has 2 aliphatic rings. The maximum atomic E-state index is 13.0. The van der Waals surface area contributed by atoms with Crippen LogP contribution in [0.5, 0.6) is 5.75 Å². The highest BCUT2D eigenvalue weighted by molar-refractivity contribution is 7.17. The van der Waals surface area contributed by atoms with Gasteiger partial charge in [-0.2, -0.15) is 0 Å². The Kier molecular flexibility index (Phi) is 8.34. The predicted molar refractivity (Wildman–Crippen MR) is 179 cm³/mol. The fourth-order valence-electron chi connectivity index (χ4n) is 5.89. The number of fused-ring (bicyclic) bond motifs is 3. The summed E-state index contributed by atoms with van der Waals surface area (Å²) < 4.78 is 5.59. The Morgan fingerprint density at radius 3 is 2.71 bits per heavy atom. The van der Waals surface area contributed by atoms with Gasteiger partial charge in [-0.25, -0.2) is 15.0 Å². The maximum absolute atomic E-state index is 13.0. The third-order valence-electron chi connectivity index (χ3n) is 8.16. The lowest BCUT2D eigenvalue weighted by molar-refractivity contribution is -0.126. The average molecular weight is 645 g/mol. The van der Waals surface area contributed by atoms with Gasteiger partial charge < -0.3 is 30.1 Å². The first kappa shape index (κ1) is 30.4. The third-order valence-corrected chi connectivity index (χ3v) is 9.39. The Morgan fingerprint density at radius 1 is 1.13 bits per heavy atom. The number of nitrogens with one attached hydrogen (secondary N) is 2. The largest absolute Gasteiger partial charge is 0.493 e. The van der Waals surface area contributed by atoms with Gasteiger partial charge in [-0.15, -0.1) is 0 Å². The first-order chi connectivity index (χ1) is 21.7. The molecule has 0 spiro atoms. The van der Waals surface area contributed by atoms with E-state index in [-0.39, 0.29) is 17.9 Å². The Morgan fingerprint density at radius 2 is 1.96 bits per heavy atom. The highest BCUT2D eigenvalue weighted by Crippen LogP contribution is 2.41. The molecule has 45 heavy (non-hydrogen) atoms. The predicted octanol–water partition coefficient (Wildman–Crippen LogP) is 5.53. The van der Waals surface area contributed by atoms with E-state index in [1.54, 1.807) is 13.2 Å². The smallest absolute Gasteiger partial charge is 0.267 e. The molecule has 2 aliphatic heterocycles. The zero-order chi connectivity index (χ0) is 31.8. The van der Waals surface area contributed by atoms with E-state index in [1.807, 2.05) is 42.3 Å². The molecule has 6 rings (SSSR count). The number of carbonyl (C=O) groups is 2. The molecular formula is C32H33ClN8O3S. The zero-order valence-corrected chi connectivity index (χ0v) is 27.0. The lowest BCUT2D eigenvalue weighted by Gasteiger charge is -2.48. The number of para-hydroxylation sites is 1. The number of rotatable bonds is 7. The molecule has 0 bridgehead atoms. The molecule has 5 heterocycles. The molecule has 2 N–H and O–H groups in total. The number of likely N-dealkylation sites (N-methyl/N-ethyl adjacent to an activating group) is 1. The van der Waals surface area contributed by atoms with Crippen LogP contribution in [0.4, 0.5) is 28.1 Å². The molecule has 3 aromatic heterocycles. The van der Waals surface area contributed by atoms with E-state index in [4.69, 9.17) is 26.3 Å². The van der Waals surface area contributed by atoms with Crippen LogP contribution in [0.15, 0.2) is 55.4 Å². The number of amides is 2. The third kappa shape index (κ3) is 5.78. The minimum Gasteiger partial charge on any atom is -0.493 e. The average Bonchev–Trinajstić information content (AvgIpc) is 3.51. The zero-order valence-electron chi connectivity index (χ0n) is 25.4. The fourth-order valence-corrected chi connectivity index (χ4v) is 6.87. The topological polar surface area (TPSA) is 116 Å². The van der Waals surface area contributed by atoms with Crippen LogP contribution in [0, 0.1) is 13.8 Å². The van der Waals surface area contributed by atoms with Gasteiger partial charge in [-0.3, -0.25) is 9.59 Å². The fraction of sp³-hybridized carbons (Fsp3) is 0.281. The minimum absolute atomic E-state index is 0.0398. The Hall–Kier alpha value is -4.68. The molecule has 1 atom stereocenters. The van der Waals surface area contributed by atoms with Crippen LogP contribution in [-0.2, 0) is 4.79 Å². The normalized spacial score (nSPS) is 15.7. The second-order valence-corrected chi connectivity index (χ2v) is 12.4. The van der Waals surface area contributed by atoms with Crippen LogP contribution in [0.1, 0.15) is 20.8 Å². The van der Waals surface area contributed by atoms with Crippen LogP contribution in [-0.4, -0.2) is 78.0 Å². The number of hydrogen-bond donors (Lipinski definition) is 2. The number of ether oxygens (including phenoxy) is 1. The molecule has 11 nitrogen and oxygen atoms in total. The van der Waals surface area contributed by atoms with Crippen molar-refractivity contribution in [1.82, 2.24) is 19.9 Å². The molecule has 1 unspecified atom stereocenters. The summed E-state index contributed by atoms with van der Waals surface area (Å²) in [6.07, 6.45) is 4.74. The summed E-state index contributed by atoms with van der Waals surface area (Å²) in [5.74, 6) is 1.56. The van der Waals surface area contributed by atoms with Gasteiger partial charge >= 0.3 is 0 Å². The molecule has 13 heteroatoms. The number of hydrogen-bond acceptors (Lipinski definition) is 10. The standard InChI is InChI=1S/C32H33ClN8O3S/c1-6-26(42)40-12-13-41-20(17-40)16-39(4)28-19(3)21(14-34-30(28)41)23-10-11-24(44-5)29(36-23)38-32-35-15-25(45-32)31(43)37-27-18(2)8-7-9-22(27)33/h6-11,14-15,20H,1,12-13,16-17H2,2-5H3,(H,37,43)(H,35,36,38). The SMILES string of the molecule is C=CC(=O)N1CCN2c3ncc(-c4ccc(OC)c(Nc5ncc(C(=O)Nc6c(C)cccc6Cl)s5)n4)c(C)c3N(C)CC2C1. The van der Waals surface area contributed by atoms with Crippen molar-refractivity contribution in [2.24, 2.45) is 0 Å². The highest BCUT2D eigenvalue weighted by atomic mass is 35.5. The van der Waals surface area contributed by atoms with Gasteiger partial charge in [0.05, 0.1) is 41.4 Å². The lowest BCUT2D eigenvalue weighted by Crippen LogP contribution is -2.60. The van der Waals surface area contributed by atoms with Gasteiger partial charge in [0.1, 0.15) is 4.88 Å². The number of benzene rings is 1. The van der Waals surface area contributed by atoms with Crippen molar-refractivity contribution in [3.05, 3.63) is 76.4 Å². The Balaban J connectivity index is 1.25. The second-order valence-electron chi connectivity index (χ2n) is 11.0. The molecule has 0 radical (unpaired) electrons. The Bertz CT molecular complexity index is 1790. The molecular weight excluding hydrogens is 612 g/mol. The lowest BCUT2D eigenvalue weighted by atomic mass is 10.0. The number of aryl methyl sites for hydroxylation is 1.